The summed E-state index contributed by atoms with van der Waals surface area (Å²) in [5.74, 6) is 0. The lowest BCUT2D eigenvalue weighted by Gasteiger charge is -2.05. The van der Waals surface area contributed by atoms with Gasteiger partial charge in [-0.05, 0) is 16.8 Å². The van der Waals surface area contributed by atoms with Gasteiger partial charge in [0.1, 0.15) is 0 Å². The van der Waals surface area contributed by atoms with Gasteiger partial charge in [0.2, 0.25) is 5.56 Å². The van der Waals surface area contributed by atoms with Crippen LogP contribution in [-0.2, 0) is 0 Å². The molecule has 3 rings (SSSR count). The average molecular weight is 210 g/mol. The number of aromatic nitrogens is 1. The number of nitrogen functional groups attached to an aromatic ring is 1. The summed E-state index contributed by atoms with van der Waals surface area (Å²) in [7, 11) is 0. The van der Waals surface area contributed by atoms with Gasteiger partial charge >= 0.3 is 0 Å². The first-order valence-corrected chi connectivity index (χ1v) is 5.06. The highest BCUT2D eigenvalue weighted by Crippen LogP contribution is 2.27. The third-order valence-corrected chi connectivity index (χ3v) is 2.76. The SMILES string of the molecule is Nc1cc(=O)[nH]c2ccc3ccccc3c12. The second kappa shape index (κ2) is 3.10. The number of H-pyrrole nitrogens is 1. The molecule has 1 heterocycles. The van der Waals surface area contributed by atoms with Crippen LogP contribution in [0.25, 0.3) is 21.7 Å². The minimum Gasteiger partial charge on any atom is -0.398 e. The molecular weight excluding hydrogens is 200 g/mol. The Morgan fingerprint density at radius 2 is 1.88 bits per heavy atom. The van der Waals surface area contributed by atoms with Crippen molar-refractivity contribution in [2.75, 3.05) is 5.73 Å². The van der Waals surface area contributed by atoms with Crippen molar-refractivity contribution < 1.29 is 0 Å². The number of aromatic amines is 1. The monoisotopic (exact) mass is 210 g/mol. The van der Waals surface area contributed by atoms with E-state index in [0.717, 1.165) is 21.7 Å². The van der Waals surface area contributed by atoms with Crippen molar-refractivity contribution >= 4 is 27.4 Å². The Hall–Kier alpha value is -2.29. The van der Waals surface area contributed by atoms with Crippen molar-refractivity contribution in [3.05, 3.63) is 52.8 Å². The van der Waals surface area contributed by atoms with Crippen LogP contribution in [0.2, 0.25) is 0 Å². The van der Waals surface area contributed by atoms with E-state index in [0.29, 0.717) is 5.69 Å². The zero-order valence-electron chi connectivity index (χ0n) is 8.53. The predicted molar refractivity (Wildman–Crippen MR) is 66.5 cm³/mol. The van der Waals surface area contributed by atoms with Crippen molar-refractivity contribution in [1.82, 2.24) is 4.98 Å². The van der Waals surface area contributed by atoms with Gasteiger partial charge in [-0.3, -0.25) is 4.79 Å². The van der Waals surface area contributed by atoms with E-state index in [4.69, 9.17) is 5.73 Å². The van der Waals surface area contributed by atoms with Crippen LogP contribution < -0.4 is 11.3 Å². The molecular formula is C13H10N2O. The van der Waals surface area contributed by atoms with Gasteiger partial charge in [-0.15, -0.1) is 0 Å². The largest absolute Gasteiger partial charge is 0.398 e. The van der Waals surface area contributed by atoms with E-state index in [9.17, 15) is 4.79 Å². The molecule has 0 spiro atoms. The molecule has 0 saturated heterocycles. The van der Waals surface area contributed by atoms with Crippen molar-refractivity contribution in [2.45, 2.75) is 0 Å². The molecule has 0 fully saturated rings. The molecule has 78 valence electrons. The molecule has 0 aliphatic rings. The van der Waals surface area contributed by atoms with Crippen LogP contribution in [0, 0.1) is 0 Å². The van der Waals surface area contributed by atoms with E-state index in [1.54, 1.807) is 0 Å². The molecule has 16 heavy (non-hydrogen) atoms. The number of nitrogens with one attached hydrogen (secondary N) is 1. The van der Waals surface area contributed by atoms with E-state index >= 15 is 0 Å². The lowest BCUT2D eigenvalue weighted by atomic mass is 10.0. The molecule has 0 saturated carbocycles. The number of benzene rings is 2. The highest BCUT2D eigenvalue weighted by atomic mass is 16.1. The van der Waals surface area contributed by atoms with E-state index in [1.807, 2.05) is 36.4 Å². The van der Waals surface area contributed by atoms with Gasteiger partial charge in [-0.1, -0.05) is 30.3 Å². The lowest BCUT2D eigenvalue weighted by Crippen LogP contribution is -2.06. The van der Waals surface area contributed by atoms with Crippen LogP contribution in [0.1, 0.15) is 0 Å². The molecule has 0 bridgehead atoms. The fourth-order valence-electron chi connectivity index (χ4n) is 2.07. The molecule has 0 radical (unpaired) electrons. The maximum Gasteiger partial charge on any atom is 0.250 e. The minimum atomic E-state index is -0.166. The number of hydrogen-bond donors (Lipinski definition) is 2. The summed E-state index contributed by atoms with van der Waals surface area (Å²) < 4.78 is 0. The predicted octanol–water partition coefficient (Wildman–Crippen LogP) is 2.26. The number of fused-ring (bicyclic) bond motifs is 3. The van der Waals surface area contributed by atoms with Gasteiger partial charge in [-0.25, -0.2) is 0 Å². The van der Waals surface area contributed by atoms with Crippen LogP contribution in [0.4, 0.5) is 5.69 Å². The van der Waals surface area contributed by atoms with Crippen LogP contribution in [-0.4, -0.2) is 4.98 Å². The highest BCUT2D eigenvalue weighted by molar-refractivity contribution is 6.11. The first-order chi connectivity index (χ1) is 7.75. The molecule has 3 nitrogen and oxygen atoms in total. The third-order valence-electron chi connectivity index (χ3n) is 2.76. The van der Waals surface area contributed by atoms with Crippen LogP contribution in [0.15, 0.2) is 47.3 Å². The molecule has 3 aromatic rings. The summed E-state index contributed by atoms with van der Waals surface area (Å²) in [6.45, 7) is 0. The Morgan fingerprint density at radius 3 is 2.75 bits per heavy atom. The average Bonchev–Trinajstić information content (AvgIpc) is 2.28. The third kappa shape index (κ3) is 1.18. The van der Waals surface area contributed by atoms with Gasteiger partial charge in [0.25, 0.3) is 0 Å². The first kappa shape index (κ1) is 8.97. The first-order valence-electron chi connectivity index (χ1n) is 5.06. The molecule has 0 aliphatic heterocycles. The van der Waals surface area contributed by atoms with Crippen molar-refractivity contribution in [1.29, 1.82) is 0 Å². The van der Waals surface area contributed by atoms with E-state index in [1.165, 1.54) is 6.07 Å². The van der Waals surface area contributed by atoms with E-state index in [-0.39, 0.29) is 5.56 Å². The Labute approximate surface area is 91.5 Å². The van der Waals surface area contributed by atoms with Gasteiger partial charge in [0.15, 0.2) is 0 Å². The van der Waals surface area contributed by atoms with Gasteiger partial charge in [-0.2, -0.15) is 0 Å². The Kier molecular flexibility index (Phi) is 1.74. The van der Waals surface area contributed by atoms with E-state index in [2.05, 4.69) is 4.98 Å². The second-order valence-electron chi connectivity index (χ2n) is 3.80. The molecule has 3 N–H and O–H groups in total. The topological polar surface area (TPSA) is 58.9 Å². The van der Waals surface area contributed by atoms with Gasteiger partial charge in [0, 0.05) is 17.1 Å². The van der Waals surface area contributed by atoms with Crippen LogP contribution in [0.5, 0.6) is 0 Å². The van der Waals surface area contributed by atoms with Crippen LogP contribution in [0.3, 0.4) is 0 Å². The maximum atomic E-state index is 11.3. The normalized spacial score (nSPS) is 11.0. The fourth-order valence-corrected chi connectivity index (χ4v) is 2.07. The molecule has 0 unspecified atom stereocenters. The zero-order chi connectivity index (χ0) is 11.1. The summed E-state index contributed by atoms with van der Waals surface area (Å²) in [4.78, 5) is 14.1. The quantitative estimate of drug-likeness (QED) is 0.559. The molecule has 1 aromatic heterocycles. The number of nitrogens with two attached hydrogens (primary N) is 1. The molecule has 0 amide bonds. The Morgan fingerprint density at radius 1 is 1.06 bits per heavy atom. The lowest BCUT2D eigenvalue weighted by molar-refractivity contribution is 1.31. The summed E-state index contributed by atoms with van der Waals surface area (Å²) in [6, 6.07) is 13.3. The number of anilines is 1. The maximum absolute atomic E-state index is 11.3. The number of hydrogen-bond acceptors (Lipinski definition) is 2. The van der Waals surface area contributed by atoms with Crippen molar-refractivity contribution in [3.8, 4) is 0 Å². The van der Waals surface area contributed by atoms with Crippen LogP contribution >= 0.6 is 0 Å². The Balaban J connectivity index is 2.65. The molecule has 0 aliphatic carbocycles. The van der Waals surface area contributed by atoms with E-state index < -0.39 is 0 Å². The summed E-state index contributed by atoms with van der Waals surface area (Å²) in [5, 5.41) is 3.10. The minimum absolute atomic E-state index is 0.166. The van der Waals surface area contributed by atoms with Crippen molar-refractivity contribution in [3.63, 3.8) is 0 Å². The fraction of sp³-hybridized carbons (Fsp3) is 0. The zero-order valence-corrected chi connectivity index (χ0v) is 8.53. The number of rotatable bonds is 0. The highest BCUT2D eigenvalue weighted by Gasteiger charge is 2.04. The summed E-state index contributed by atoms with van der Waals surface area (Å²) >= 11 is 0. The van der Waals surface area contributed by atoms with Gasteiger partial charge < -0.3 is 10.7 Å². The molecule has 0 atom stereocenters. The molecule has 3 heteroatoms. The standard InChI is InChI=1S/C13H10N2O/c14-10-7-12(16)15-11-6-5-8-3-1-2-4-9(8)13(10)11/h1-7H,(H3,14,15,16). The van der Waals surface area contributed by atoms with Crippen molar-refractivity contribution in [2.24, 2.45) is 0 Å². The molecule has 2 aromatic carbocycles. The van der Waals surface area contributed by atoms with Gasteiger partial charge in [0.05, 0.1) is 5.52 Å². The summed E-state index contributed by atoms with van der Waals surface area (Å²) in [6.07, 6.45) is 0. The number of pyridine rings is 1. The second-order valence-corrected chi connectivity index (χ2v) is 3.80. The Bertz CT molecular complexity index is 744. The smallest absolute Gasteiger partial charge is 0.250 e. The summed E-state index contributed by atoms with van der Waals surface area (Å²) in [5.41, 5.74) is 7.04.